The molecular formula is C18H30N2O5. The van der Waals surface area contributed by atoms with Crippen molar-refractivity contribution in [3.8, 4) is 0 Å². The Bertz CT molecular complexity index is 536. The van der Waals surface area contributed by atoms with Gasteiger partial charge in [-0.05, 0) is 40.0 Å². The van der Waals surface area contributed by atoms with Crippen molar-refractivity contribution in [3.63, 3.8) is 0 Å². The molecule has 0 bridgehead atoms. The Balaban J connectivity index is 2.17. The van der Waals surface area contributed by atoms with E-state index in [2.05, 4.69) is 24.3 Å². The van der Waals surface area contributed by atoms with Gasteiger partial charge in [0.2, 0.25) is 0 Å². The van der Waals surface area contributed by atoms with Gasteiger partial charge in [0.1, 0.15) is 5.60 Å². The molecule has 0 aromatic carbocycles. The van der Waals surface area contributed by atoms with Crippen LogP contribution in [0.25, 0.3) is 0 Å². The van der Waals surface area contributed by atoms with Gasteiger partial charge in [0.05, 0.1) is 30.7 Å². The van der Waals surface area contributed by atoms with E-state index in [1.54, 1.807) is 0 Å². The van der Waals surface area contributed by atoms with Gasteiger partial charge in [-0.3, -0.25) is 4.79 Å². The molecule has 1 N–H and O–H groups in total. The van der Waals surface area contributed by atoms with Gasteiger partial charge in [-0.15, -0.1) is 0 Å². The third-order valence-electron chi connectivity index (χ3n) is 4.92. The summed E-state index contributed by atoms with van der Waals surface area (Å²) in [4.78, 5) is 30.1. The van der Waals surface area contributed by atoms with Gasteiger partial charge in [-0.1, -0.05) is 19.0 Å². The van der Waals surface area contributed by atoms with Crippen LogP contribution in [-0.4, -0.2) is 42.6 Å². The lowest BCUT2D eigenvalue weighted by Crippen LogP contribution is -2.44. The zero-order valence-electron chi connectivity index (χ0n) is 16.0. The quantitative estimate of drug-likeness (QED) is 0.767. The van der Waals surface area contributed by atoms with E-state index >= 15 is 0 Å². The van der Waals surface area contributed by atoms with Crippen LogP contribution < -0.4 is 5.32 Å². The third kappa shape index (κ3) is 4.25. The van der Waals surface area contributed by atoms with Gasteiger partial charge >= 0.3 is 12.1 Å². The van der Waals surface area contributed by atoms with E-state index < -0.39 is 11.7 Å². The predicted octanol–water partition coefficient (Wildman–Crippen LogP) is 2.88. The Kier molecular flexibility index (Phi) is 5.95. The average Bonchev–Trinajstić information content (AvgIpc) is 3.08. The van der Waals surface area contributed by atoms with Crippen molar-refractivity contribution in [3.05, 3.63) is 0 Å². The molecule has 2 rings (SSSR count). The molecule has 0 aromatic heterocycles. The zero-order chi connectivity index (χ0) is 18.8. The molecule has 0 aromatic rings. The number of ether oxygens (including phenoxy) is 2. The topological polar surface area (TPSA) is 86.2 Å². The van der Waals surface area contributed by atoms with Crippen LogP contribution in [-0.2, 0) is 19.1 Å². The molecule has 1 aliphatic heterocycles. The highest BCUT2D eigenvalue weighted by atomic mass is 16.6. The van der Waals surface area contributed by atoms with Crippen LogP contribution in [0.1, 0.15) is 53.9 Å². The van der Waals surface area contributed by atoms with Crippen molar-refractivity contribution in [1.82, 2.24) is 5.32 Å². The van der Waals surface area contributed by atoms with E-state index in [1.165, 1.54) is 7.11 Å². The van der Waals surface area contributed by atoms with Crippen molar-refractivity contribution < 1.29 is 23.9 Å². The lowest BCUT2D eigenvalue weighted by molar-refractivity contribution is -0.146. The molecule has 1 fully saturated rings. The first-order valence-corrected chi connectivity index (χ1v) is 9.02. The van der Waals surface area contributed by atoms with Crippen LogP contribution in [0.5, 0.6) is 0 Å². The highest BCUT2D eigenvalue weighted by Crippen LogP contribution is 2.42. The maximum absolute atomic E-state index is 12.3. The van der Waals surface area contributed by atoms with Gasteiger partial charge in [-0.25, -0.2) is 4.79 Å². The summed E-state index contributed by atoms with van der Waals surface area (Å²) in [6, 6.07) is -0.334. The number of nitrogens with zero attached hydrogens (tertiary/aromatic N) is 1. The van der Waals surface area contributed by atoms with E-state index in [9.17, 15) is 9.59 Å². The number of hydrogen-bond acceptors (Lipinski definition) is 6. The van der Waals surface area contributed by atoms with Crippen LogP contribution in [0.4, 0.5) is 4.79 Å². The van der Waals surface area contributed by atoms with Crippen LogP contribution >= 0.6 is 0 Å². The summed E-state index contributed by atoms with van der Waals surface area (Å²) in [7, 11) is 1.38. The summed E-state index contributed by atoms with van der Waals surface area (Å²) in [5, 5.41) is 7.12. The van der Waals surface area contributed by atoms with Crippen LogP contribution in [0.2, 0.25) is 0 Å². The molecule has 7 heteroatoms. The van der Waals surface area contributed by atoms with Crippen molar-refractivity contribution in [2.45, 2.75) is 71.6 Å². The highest BCUT2D eigenvalue weighted by Gasteiger charge is 2.55. The second-order valence-electron chi connectivity index (χ2n) is 7.74. The van der Waals surface area contributed by atoms with Gasteiger partial charge in [0.25, 0.3) is 0 Å². The second-order valence-corrected chi connectivity index (χ2v) is 7.74. The number of oxime groups is 1. The smallest absolute Gasteiger partial charge is 0.408 e. The molecule has 0 saturated heterocycles. The molecule has 0 spiro atoms. The normalized spacial score (nSPS) is 28.2. The summed E-state index contributed by atoms with van der Waals surface area (Å²) in [6.45, 7) is 9.62. The highest BCUT2D eigenvalue weighted by molar-refractivity contribution is 5.94. The molecule has 1 heterocycles. The van der Waals surface area contributed by atoms with E-state index in [-0.39, 0.29) is 35.9 Å². The van der Waals surface area contributed by atoms with Crippen molar-refractivity contribution in [1.29, 1.82) is 0 Å². The number of fused-ring (bicyclic) bond motifs is 1. The fraction of sp³-hybridized carbons (Fsp3) is 0.833. The summed E-state index contributed by atoms with van der Waals surface area (Å²) in [5.41, 5.74) is 0.330. The number of nitrogens with one attached hydrogen (secondary N) is 1. The predicted molar refractivity (Wildman–Crippen MR) is 93.2 cm³/mol. The summed E-state index contributed by atoms with van der Waals surface area (Å²) in [5.74, 6) is -0.538. The van der Waals surface area contributed by atoms with E-state index in [4.69, 9.17) is 14.3 Å². The van der Waals surface area contributed by atoms with Crippen molar-refractivity contribution in [2.24, 2.45) is 22.9 Å². The first kappa shape index (κ1) is 19.5. The maximum atomic E-state index is 12.3. The minimum Gasteiger partial charge on any atom is -0.469 e. The van der Waals surface area contributed by atoms with Crippen LogP contribution in [0.3, 0.4) is 0 Å². The first-order valence-electron chi connectivity index (χ1n) is 9.02. The lowest BCUT2D eigenvalue weighted by atomic mass is 9.82. The molecule has 7 nitrogen and oxygen atoms in total. The average molecular weight is 354 g/mol. The number of amides is 1. The van der Waals surface area contributed by atoms with E-state index in [1.807, 2.05) is 20.8 Å². The molecule has 4 unspecified atom stereocenters. The van der Waals surface area contributed by atoms with E-state index in [0.29, 0.717) is 6.42 Å². The van der Waals surface area contributed by atoms with Gasteiger partial charge in [-0.2, -0.15) is 0 Å². The standard InChI is InChI=1S/C18H30N2O5/c1-7-10(8-2)14-13-11(16(21)23-6)9-12(15(13)25-20-14)19-17(22)24-18(3,4)5/h10-13,15H,7-9H2,1-6H3,(H,19,22). The van der Waals surface area contributed by atoms with Gasteiger partial charge < -0.3 is 19.6 Å². The SMILES string of the molecule is CCC(CC)C1=NOC2C(NC(=O)OC(C)(C)C)CC(C(=O)OC)C12. The number of rotatable bonds is 5. The molecule has 1 amide bonds. The van der Waals surface area contributed by atoms with Gasteiger partial charge in [0, 0.05) is 5.92 Å². The largest absolute Gasteiger partial charge is 0.469 e. The molecule has 4 atom stereocenters. The van der Waals surface area contributed by atoms with Crippen LogP contribution in [0, 0.1) is 17.8 Å². The Morgan fingerprint density at radius 1 is 1.32 bits per heavy atom. The van der Waals surface area contributed by atoms with Crippen LogP contribution in [0.15, 0.2) is 5.16 Å². The molecule has 2 aliphatic rings. The third-order valence-corrected chi connectivity index (χ3v) is 4.92. The number of carbonyl (C=O) groups excluding carboxylic acids is 2. The van der Waals surface area contributed by atoms with E-state index in [0.717, 1.165) is 18.6 Å². The number of alkyl carbamates (subject to hydrolysis) is 1. The Labute approximate surface area is 149 Å². The summed E-state index contributed by atoms with van der Waals surface area (Å²) < 4.78 is 10.3. The maximum Gasteiger partial charge on any atom is 0.408 e. The fourth-order valence-electron chi connectivity index (χ4n) is 3.78. The first-order chi connectivity index (χ1) is 11.7. The fourth-order valence-corrected chi connectivity index (χ4v) is 3.78. The Hall–Kier alpha value is -1.79. The number of methoxy groups -OCH3 is 1. The second kappa shape index (κ2) is 7.62. The minimum atomic E-state index is -0.586. The van der Waals surface area contributed by atoms with Crippen molar-refractivity contribution in [2.75, 3.05) is 7.11 Å². The number of hydrogen-bond donors (Lipinski definition) is 1. The molecular weight excluding hydrogens is 324 g/mol. The van der Waals surface area contributed by atoms with Gasteiger partial charge in [0.15, 0.2) is 6.10 Å². The van der Waals surface area contributed by atoms with Crippen molar-refractivity contribution >= 4 is 17.8 Å². The molecule has 1 saturated carbocycles. The molecule has 25 heavy (non-hydrogen) atoms. The Morgan fingerprint density at radius 3 is 2.48 bits per heavy atom. The zero-order valence-corrected chi connectivity index (χ0v) is 16.0. The number of carbonyl (C=O) groups is 2. The lowest BCUT2D eigenvalue weighted by Gasteiger charge is -2.23. The minimum absolute atomic E-state index is 0.155. The number of esters is 1. The summed E-state index contributed by atoms with van der Waals surface area (Å²) >= 11 is 0. The molecule has 0 radical (unpaired) electrons. The Morgan fingerprint density at radius 2 is 1.96 bits per heavy atom. The molecule has 1 aliphatic carbocycles. The molecule has 142 valence electrons. The monoisotopic (exact) mass is 354 g/mol. The summed E-state index contributed by atoms with van der Waals surface area (Å²) in [6.07, 6.45) is 1.45.